The van der Waals surface area contributed by atoms with E-state index in [-0.39, 0.29) is 17.9 Å². The van der Waals surface area contributed by atoms with Gasteiger partial charge in [-0.3, -0.25) is 0 Å². The Morgan fingerprint density at radius 3 is 1.62 bits per heavy atom. The van der Waals surface area contributed by atoms with Crippen LogP contribution in [0.25, 0.3) is 0 Å². The number of hydrogen-bond donors (Lipinski definition) is 1. The fourth-order valence-electron chi connectivity index (χ4n) is 2.02. The summed E-state index contributed by atoms with van der Waals surface area (Å²) in [5, 5.41) is 0. The second-order valence-corrected chi connectivity index (χ2v) is 4.83. The lowest BCUT2D eigenvalue weighted by molar-refractivity contribution is -0.0232. The third-order valence-corrected chi connectivity index (χ3v) is 3.18. The van der Waals surface area contributed by atoms with Crippen LogP contribution in [0.15, 0.2) is 0 Å². The molecule has 0 aromatic rings. The van der Waals surface area contributed by atoms with Crippen LogP contribution in [0.1, 0.15) is 47.5 Å². The van der Waals surface area contributed by atoms with Gasteiger partial charge in [0.1, 0.15) is 5.67 Å². The van der Waals surface area contributed by atoms with Gasteiger partial charge in [0.2, 0.25) is 0 Å². The van der Waals surface area contributed by atoms with Crippen LogP contribution in [0.2, 0.25) is 0 Å². The molecule has 0 radical (unpaired) electrons. The van der Waals surface area contributed by atoms with E-state index in [2.05, 4.69) is 0 Å². The SMILES string of the molecule is CCC(CC)C(F)(CN)C(C)(C)C. The Labute approximate surface area is 81.9 Å². The molecule has 1 unspecified atom stereocenters. The maximum atomic E-state index is 14.6. The van der Waals surface area contributed by atoms with Gasteiger partial charge in [-0.25, -0.2) is 4.39 Å². The molecule has 0 spiro atoms. The van der Waals surface area contributed by atoms with E-state index in [1.54, 1.807) is 0 Å². The molecule has 0 aliphatic rings. The smallest absolute Gasteiger partial charge is 0.130 e. The lowest BCUT2D eigenvalue weighted by Gasteiger charge is -2.42. The average Bonchev–Trinajstić information content (AvgIpc) is 2.04. The molecular formula is C11H24FN. The minimum Gasteiger partial charge on any atom is -0.327 e. The maximum Gasteiger partial charge on any atom is 0.130 e. The predicted molar refractivity (Wildman–Crippen MR) is 56.4 cm³/mol. The van der Waals surface area contributed by atoms with Crippen molar-refractivity contribution >= 4 is 0 Å². The van der Waals surface area contributed by atoms with Crippen LogP contribution >= 0.6 is 0 Å². The zero-order chi connectivity index (χ0) is 10.7. The molecule has 0 bridgehead atoms. The summed E-state index contributed by atoms with van der Waals surface area (Å²) >= 11 is 0. The zero-order valence-electron chi connectivity index (χ0n) is 9.65. The molecule has 0 saturated carbocycles. The Kier molecular flexibility index (Phi) is 4.37. The van der Waals surface area contributed by atoms with E-state index in [0.717, 1.165) is 12.8 Å². The lowest BCUT2D eigenvalue weighted by Crippen LogP contribution is -2.50. The Hall–Kier alpha value is -0.110. The van der Waals surface area contributed by atoms with Crippen molar-refractivity contribution in [1.29, 1.82) is 0 Å². The summed E-state index contributed by atoms with van der Waals surface area (Å²) in [7, 11) is 0. The van der Waals surface area contributed by atoms with E-state index >= 15 is 0 Å². The first-order valence-corrected chi connectivity index (χ1v) is 5.22. The minimum absolute atomic E-state index is 0.0810. The van der Waals surface area contributed by atoms with Gasteiger partial charge in [0.05, 0.1) is 0 Å². The first kappa shape index (κ1) is 12.9. The number of halogens is 1. The standard InChI is InChI=1S/C11H24FN/c1-6-9(7-2)11(12,8-13)10(3,4)5/h9H,6-8,13H2,1-5H3. The molecule has 0 fully saturated rings. The molecular weight excluding hydrogens is 165 g/mol. The van der Waals surface area contributed by atoms with Gasteiger partial charge < -0.3 is 5.73 Å². The number of rotatable bonds is 4. The van der Waals surface area contributed by atoms with Gasteiger partial charge in [0.15, 0.2) is 0 Å². The molecule has 0 amide bonds. The zero-order valence-corrected chi connectivity index (χ0v) is 9.65. The average molecular weight is 189 g/mol. The number of hydrogen-bond acceptors (Lipinski definition) is 1. The molecule has 80 valence electrons. The van der Waals surface area contributed by atoms with Crippen LogP contribution in [-0.4, -0.2) is 12.2 Å². The molecule has 0 aliphatic heterocycles. The summed E-state index contributed by atoms with van der Waals surface area (Å²) in [6.07, 6.45) is 1.73. The molecule has 2 N–H and O–H groups in total. The van der Waals surface area contributed by atoms with Gasteiger partial charge in [-0.15, -0.1) is 0 Å². The van der Waals surface area contributed by atoms with Crippen LogP contribution in [0.4, 0.5) is 4.39 Å². The van der Waals surface area contributed by atoms with Crippen molar-refractivity contribution in [3.63, 3.8) is 0 Å². The first-order valence-electron chi connectivity index (χ1n) is 5.22. The van der Waals surface area contributed by atoms with Crippen LogP contribution in [0.3, 0.4) is 0 Å². The molecule has 0 aliphatic carbocycles. The van der Waals surface area contributed by atoms with E-state index < -0.39 is 5.67 Å². The van der Waals surface area contributed by atoms with Crippen LogP contribution in [0, 0.1) is 11.3 Å². The van der Waals surface area contributed by atoms with Crippen molar-refractivity contribution < 1.29 is 4.39 Å². The molecule has 0 saturated heterocycles. The fourth-order valence-corrected chi connectivity index (χ4v) is 2.02. The molecule has 0 rings (SSSR count). The highest BCUT2D eigenvalue weighted by atomic mass is 19.1. The fraction of sp³-hybridized carbons (Fsp3) is 1.00. The topological polar surface area (TPSA) is 26.0 Å². The summed E-state index contributed by atoms with van der Waals surface area (Å²) < 4.78 is 14.6. The Balaban J connectivity index is 4.80. The van der Waals surface area contributed by atoms with Crippen molar-refractivity contribution in [2.45, 2.75) is 53.1 Å². The Bertz CT molecular complexity index is 147. The van der Waals surface area contributed by atoms with E-state index in [9.17, 15) is 4.39 Å². The molecule has 1 nitrogen and oxygen atoms in total. The summed E-state index contributed by atoms with van der Waals surface area (Å²) in [4.78, 5) is 0. The van der Waals surface area contributed by atoms with E-state index in [1.165, 1.54) is 0 Å². The van der Waals surface area contributed by atoms with E-state index in [0.29, 0.717) is 0 Å². The molecule has 1 atom stereocenters. The number of alkyl halides is 1. The molecule has 0 aromatic heterocycles. The Morgan fingerprint density at radius 1 is 1.15 bits per heavy atom. The van der Waals surface area contributed by atoms with E-state index in [1.807, 2.05) is 34.6 Å². The molecule has 0 aromatic carbocycles. The number of nitrogens with two attached hydrogens (primary N) is 1. The molecule has 0 heterocycles. The molecule has 13 heavy (non-hydrogen) atoms. The molecule has 2 heteroatoms. The maximum absolute atomic E-state index is 14.6. The summed E-state index contributed by atoms with van der Waals surface area (Å²) in [5.74, 6) is 0.0810. The van der Waals surface area contributed by atoms with Crippen molar-refractivity contribution in [3.8, 4) is 0 Å². The highest BCUT2D eigenvalue weighted by Crippen LogP contribution is 2.42. The van der Waals surface area contributed by atoms with Gasteiger partial charge in [-0.2, -0.15) is 0 Å². The second kappa shape index (κ2) is 4.41. The second-order valence-electron chi connectivity index (χ2n) is 4.83. The highest BCUT2D eigenvalue weighted by Gasteiger charge is 2.46. The van der Waals surface area contributed by atoms with Crippen LogP contribution < -0.4 is 5.73 Å². The summed E-state index contributed by atoms with van der Waals surface area (Å²) in [6, 6.07) is 0. The highest BCUT2D eigenvalue weighted by molar-refractivity contribution is 4.96. The normalized spacial score (nSPS) is 17.5. The van der Waals surface area contributed by atoms with Crippen molar-refractivity contribution in [3.05, 3.63) is 0 Å². The van der Waals surface area contributed by atoms with Crippen molar-refractivity contribution in [1.82, 2.24) is 0 Å². The monoisotopic (exact) mass is 189 g/mol. The van der Waals surface area contributed by atoms with Gasteiger partial charge in [0, 0.05) is 6.54 Å². The third-order valence-electron chi connectivity index (χ3n) is 3.18. The van der Waals surface area contributed by atoms with Gasteiger partial charge >= 0.3 is 0 Å². The lowest BCUT2D eigenvalue weighted by atomic mass is 9.68. The van der Waals surface area contributed by atoms with Crippen LogP contribution in [0.5, 0.6) is 0 Å². The van der Waals surface area contributed by atoms with Gasteiger partial charge in [-0.1, -0.05) is 47.5 Å². The Morgan fingerprint density at radius 2 is 1.54 bits per heavy atom. The predicted octanol–water partition coefficient (Wildman–Crippen LogP) is 3.14. The van der Waals surface area contributed by atoms with Gasteiger partial charge in [0.25, 0.3) is 0 Å². The largest absolute Gasteiger partial charge is 0.327 e. The van der Waals surface area contributed by atoms with Crippen LogP contribution in [-0.2, 0) is 0 Å². The third kappa shape index (κ3) is 2.43. The quantitative estimate of drug-likeness (QED) is 0.722. The summed E-state index contributed by atoms with van der Waals surface area (Å²) in [5.41, 5.74) is 3.98. The minimum atomic E-state index is -1.23. The summed E-state index contributed by atoms with van der Waals surface area (Å²) in [6.45, 7) is 9.98. The first-order chi connectivity index (χ1) is 5.83. The van der Waals surface area contributed by atoms with Crippen molar-refractivity contribution in [2.75, 3.05) is 6.54 Å². The van der Waals surface area contributed by atoms with Gasteiger partial charge in [-0.05, 0) is 11.3 Å². The van der Waals surface area contributed by atoms with E-state index in [4.69, 9.17) is 5.73 Å². The van der Waals surface area contributed by atoms with Crippen molar-refractivity contribution in [2.24, 2.45) is 17.1 Å².